The summed E-state index contributed by atoms with van der Waals surface area (Å²) in [5.41, 5.74) is 0.600. The van der Waals surface area contributed by atoms with Crippen molar-refractivity contribution in [3.8, 4) is 17.5 Å². The van der Waals surface area contributed by atoms with Gasteiger partial charge in [0, 0.05) is 0 Å². The molecule has 0 fully saturated rings. The Morgan fingerprint density at radius 2 is 2.58 bits per heavy atom. The molecular weight excluding hydrogens is 158 g/mol. The van der Waals surface area contributed by atoms with Crippen molar-refractivity contribution in [2.45, 2.75) is 0 Å². The Kier molecular flexibility index (Phi) is 1.55. The number of H-pyrrole nitrogens is 1. The molecule has 0 aliphatic rings. The van der Waals surface area contributed by atoms with E-state index in [-0.39, 0.29) is 0 Å². The van der Waals surface area contributed by atoms with E-state index in [9.17, 15) is 0 Å². The van der Waals surface area contributed by atoms with Gasteiger partial charge in [-0.25, -0.2) is 4.98 Å². The zero-order chi connectivity index (χ0) is 8.39. The van der Waals surface area contributed by atoms with Crippen molar-refractivity contribution in [2.24, 2.45) is 0 Å². The van der Waals surface area contributed by atoms with Crippen LogP contribution in [0.15, 0.2) is 16.9 Å². The van der Waals surface area contributed by atoms with E-state index in [1.807, 2.05) is 0 Å². The van der Waals surface area contributed by atoms with Crippen LogP contribution in [0.3, 0.4) is 0 Å². The molecule has 2 rings (SSSR count). The standard InChI is InChI=1S/C7H6N3O2/c1-11-6-5(9-4-10-6)7-8-2-3-12-7/h2-3H,1H3,(H,9,10). The normalized spacial score (nSPS) is 10.1. The lowest BCUT2D eigenvalue weighted by Crippen LogP contribution is -1.85. The van der Waals surface area contributed by atoms with Crippen molar-refractivity contribution in [2.75, 3.05) is 7.11 Å². The largest absolute Gasteiger partial charge is 0.479 e. The fraction of sp³-hybridized carbons (Fsp3) is 0.143. The van der Waals surface area contributed by atoms with Gasteiger partial charge in [0.1, 0.15) is 6.26 Å². The molecule has 2 aromatic rings. The van der Waals surface area contributed by atoms with Gasteiger partial charge in [-0.1, -0.05) is 0 Å². The summed E-state index contributed by atoms with van der Waals surface area (Å²) in [5.74, 6) is 0.873. The van der Waals surface area contributed by atoms with Crippen LogP contribution in [0.5, 0.6) is 5.88 Å². The minimum absolute atomic E-state index is 0.428. The molecule has 0 saturated heterocycles. The van der Waals surface area contributed by atoms with Crippen molar-refractivity contribution in [1.82, 2.24) is 15.0 Å². The summed E-state index contributed by atoms with van der Waals surface area (Å²) in [7, 11) is 1.52. The van der Waals surface area contributed by atoms with Gasteiger partial charge in [-0.05, 0) is 0 Å². The lowest BCUT2D eigenvalue weighted by Gasteiger charge is -1.94. The van der Waals surface area contributed by atoms with Crippen LogP contribution in [0.1, 0.15) is 0 Å². The Balaban J connectivity index is 2.46. The molecule has 12 heavy (non-hydrogen) atoms. The number of ether oxygens (including phenoxy) is 1. The number of hydrogen-bond donors (Lipinski definition) is 1. The van der Waals surface area contributed by atoms with Gasteiger partial charge in [0.2, 0.25) is 11.8 Å². The van der Waals surface area contributed by atoms with Gasteiger partial charge < -0.3 is 14.1 Å². The quantitative estimate of drug-likeness (QED) is 0.715. The first-order chi connectivity index (χ1) is 5.92. The van der Waals surface area contributed by atoms with Gasteiger partial charge in [-0.2, -0.15) is 4.98 Å². The van der Waals surface area contributed by atoms with Crippen LogP contribution < -0.4 is 4.74 Å². The van der Waals surface area contributed by atoms with Crippen LogP contribution in [0, 0.1) is 6.33 Å². The summed E-state index contributed by atoms with van der Waals surface area (Å²) < 4.78 is 9.97. The summed E-state index contributed by atoms with van der Waals surface area (Å²) in [4.78, 5) is 10.5. The van der Waals surface area contributed by atoms with E-state index < -0.39 is 0 Å². The van der Waals surface area contributed by atoms with Crippen molar-refractivity contribution < 1.29 is 9.15 Å². The minimum Gasteiger partial charge on any atom is -0.479 e. The number of nitrogens with one attached hydrogen (secondary N) is 1. The molecular formula is C7H6N3O2. The third-order valence-electron chi connectivity index (χ3n) is 1.39. The fourth-order valence-electron chi connectivity index (χ4n) is 0.884. The van der Waals surface area contributed by atoms with Gasteiger partial charge in [-0.15, -0.1) is 0 Å². The number of imidazole rings is 1. The Morgan fingerprint density at radius 3 is 3.25 bits per heavy atom. The Bertz CT molecular complexity index is 352. The van der Waals surface area contributed by atoms with E-state index in [4.69, 9.17) is 9.15 Å². The van der Waals surface area contributed by atoms with Crippen LogP contribution in [0.2, 0.25) is 0 Å². The number of methoxy groups -OCH3 is 1. The SMILES string of the molecule is COc1n[c][nH]c1-c1ncco1. The topological polar surface area (TPSA) is 63.9 Å². The summed E-state index contributed by atoms with van der Waals surface area (Å²) in [6.45, 7) is 0. The summed E-state index contributed by atoms with van der Waals surface area (Å²) >= 11 is 0. The van der Waals surface area contributed by atoms with Gasteiger partial charge >= 0.3 is 0 Å². The first kappa shape index (κ1) is 6.90. The molecule has 1 N–H and O–H groups in total. The van der Waals surface area contributed by atoms with Crippen molar-refractivity contribution >= 4 is 0 Å². The molecule has 0 spiro atoms. The smallest absolute Gasteiger partial charge is 0.248 e. The number of nitrogens with zero attached hydrogens (tertiary/aromatic N) is 2. The van der Waals surface area contributed by atoms with Gasteiger partial charge in [0.25, 0.3) is 0 Å². The average Bonchev–Trinajstić information content (AvgIpc) is 2.74. The first-order valence-corrected chi connectivity index (χ1v) is 3.31. The van der Waals surface area contributed by atoms with Crippen molar-refractivity contribution in [1.29, 1.82) is 0 Å². The van der Waals surface area contributed by atoms with E-state index in [1.165, 1.54) is 13.4 Å². The van der Waals surface area contributed by atoms with Crippen LogP contribution in [-0.2, 0) is 0 Å². The molecule has 2 aromatic heterocycles. The molecule has 2 heterocycles. The molecule has 0 amide bonds. The molecule has 0 saturated carbocycles. The number of rotatable bonds is 2. The maximum Gasteiger partial charge on any atom is 0.248 e. The van der Waals surface area contributed by atoms with Gasteiger partial charge in [0.05, 0.1) is 13.3 Å². The molecule has 0 aliphatic carbocycles. The number of hydrogen-bond acceptors (Lipinski definition) is 4. The molecule has 5 heteroatoms. The highest BCUT2D eigenvalue weighted by Crippen LogP contribution is 2.23. The van der Waals surface area contributed by atoms with Crippen molar-refractivity contribution in [3.05, 3.63) is 18.8 Å². The molecule has 61 valence electrons. The second-order valence-corrected chi connectivity index (χ2v) is 2.07. The second-order valence-electron chi connectivity index (χ2n) is 2.07. The average molecular weight is 164 g/mol. The van der Waals surface area contributed by atoms with E-state index in [0.717, 1.165) is 0 Å². The van der Waals surface area contributed by atoms with Gasteiger partial charge in [-0.3, -0.25) is 0 Å². The molecule has 1 radical (unpaired) electrons. The highest BCUT2D eigenvalue weighted by atomic mass is 16.5. The van der Waals surface area contributed by atoms with E-state index >= 15 is 0 Å². The van der Waals surface area contributed by atoms with Crippen LogP contribution >= 0.6 is 0 Å². The summed E-state index contributed by atoms with van der Waals surface area (Å²) in [6, 6.07) is 0. The predicted octanol–water partition coefficient (Wildman–Crippen LogP) is 0.873. The highest BCUT2D eigenvalue weighted by Gasteiger charge is 2.11. The zero-order valence-electron chi connectivity index (χ0n) is 6.37. The van der Waals surface area contributed by atoms with Crippen LogP contribution in [0.4, 0.5) is 0 Å². The molecule has 0 aliphatic heterocycles. The predicted molar refractivity (Wildman–Crippen MR) is 39.5 cm³/mol. The fourth-order valence-corrected chi connectivity index (χ4v) is 0.884. The lowest BCUT2D eigenvalue weighted by atomic mass is 10.4. The number of oxazole rings is 1. The highest BCUT2D eigenvalue weighted by molar-refractivity contribution is 5.53. The van der Waals surface area contributed by atoms with E-state index in [1.54, 1.807) is 6.20 Å². The van der Waals surface area contributed by atoms with Crippen LogP contribution in [-0.4, -0.2) is 22.1 Å². The Morgan fingerprint density at radius 1 is 1.67 bits per heavy atom. The molecule has 0 aromatic carbocycles. The maximum atomic E-state index is 5.04. The Hall–Kier alpha value is -1.78. The second kappa shape index (κ2) is 2.69. The molecule has 5 nitrogen and oxygen atoms in total. The molecule has 0 bridgehead atoms. The number of aromatic nitrogens is 3. The summed E-state index contributed by atoms with van der Waals surface area (Å²) in [5, 5.41) is 0. The Labute approximate surface area is 68.4 Å². The lowest BCUT2D eigenvalue weighted by molar-refractivity contribution is 0.399. The van der Waals surface area contributed by atoms with Crippen LogP contribution in [0.25, 0.3) is 11.6 Å². The summed E-state index contributed by atoms with van der Waals surface area (Å²) in [6.07, 6.45) is 5.57. The van der Waals surface area contributed by atoms with E-state index in [0.29, 0.717) is 17.5 Å². The molecule has 0 unspecified atom stereocenters. The van der Waals surface area contributed by atoms with E-state index in [2.05, 4.69) is 21.3 Å². The first-order valence-electron chi connectivity index (χ1n) is 3.31. The van der Waals surface area contributed by atoms with Crippen molar-refractivity contribution in [3.63, 3.8) is 0 Å². The minimum atomic E-state index is 0.428. The van der Waals surface area contributed by atoms with Gasteiger partial charge in [0.15, 0.2) is 12.0 Å². The maximum absolute atomic E-state index is 5.04. The third kappa shape index (κ3) is 0.952. The number of aromatic amines is 1. The monoisotopic (exact) mass is 164 g/mol. The zero-order valence-corrected chi connectivity index (χ0v) is 6.37. The third-order valence-corrected chi connectivity index (χ3v) is 1.39. The molecule has 0 atom stereocenters.